The summed E-state index contributed by atoms with van der Waals surface area (Å²) in [5.41, 5.74) is -0.207. The van der Waals surface area contributed by atoms with Crippen LogP contribution in [0, 0.1) is 23.4 Å². The van der Waals surface area contributed by atoms with Crippen molar-refractivity contribution in [3.05, 3.63) is 42.1 Å². The van der Waals surface area contributed by atoms with Gasteiger partial charge >= 0.3 is 0 Å². The first kappa shape index (κ1) is 15.3. The summed E-state index contributed by atoms with van der Waals surface area (Å²) in [5.74, 6) is -2.05. The Balaban J connectivity index is 2.22. The summed E-state index contributed by atoms with van der Waals surface area (Å²) >= 11 is 0. The van der Waals surface area contributed by atoms with E-state index in [-0.39, 0.29) is 17.0 Å². The lowest BCUT2D eigenvalue weighted by Crippen LogP contribution is -2.13. The number of nitrogens with one attached hydrogen (secondary N) is 1. The maximum Gasteiger partial charge on any atom is 0.254 e. The highest BCUT2D eigenvalue weighted by Crippen LogP contribution is 2.32. The van der Waals surface area contributed by atoms with Gasteiger partial charge in [-0.3, -0.25) is 0 Å². The molecular weight excluding hydrogens is 307 g/mol. The van der Waals surface area contributed by atoms with Crippen LogP contribution in [0.2, 0.25) is 0 Å². The van der Waals surface area contributed by atoms with Gasteiger partial charge in [-0.1, -0.05) is 13.8 Å². The van der Waals surface area contributed by atoms with Gasteiger partial charge in [0, 0.05) is 30.4 Å². The monoisotopic (exact) mass is 321 g/mol. The van der Waals surface area contributed by atoms with Crippen molar-refractivity contribution in [3.63, 3.8) is 0 Å². The minimum atomic E-state index is -1.00. The smallest absolute Gasteiger partial charge is 0.254 e. The van der Waals surface area contributed by atoms with Crippen molar-refractivity contribution in [2.24, 2.45) is 5.92 Å². The molecule has 0 bridgehead atoms. The molecule has 0 unspecified atom stereocenters. The molecule has 0 saturated carbocycles. The number of fused-ring (bicyclic) bond motifs is 1. The molecule has 0 aliphatic heterocycles. The lowest BCUT2D eigenvalue weighted by atomic mass is 10.1. The van der Waals surface area contributed by atoms with Crippen LogP contribution in [0.5, 0.6) is 0 Å². The van der Waals surface area contributed by atoms with E-state index in [0.717, 1.165) is 0 Å². The second-order valence-electron chi connectivity index (χ2n) is 5.51. The minimum Gasteiger partial charge on any atom is -0.369 e. The quantitative estimate of drug-likeness (QED) is 0.801. The molecule has 0 amide bonds. The molecule has 2 aromatic heterocycles. The van der Waals surface area contributed by atoms with Crippen LogP contribution in [-0.4, -0.2) is 26.1 Å². The molecule has 2 heterocycles. The highest BCUT2D eigenvalue weighted by atomic mass is 19.1. The number of hydrogen-bond donors (Lipinski definition) is 1. The summed E-state index contributed by atoms with van der Waals surface area (Å²) in [7, 11) is 0. The highest BCUT2D eigenvalue weighted by molar-refractivity contribution is 5.76. The molecule has 0 aliphatic rings. The Hall–Kier alpha value is -2.64. The average Bonchev–Trinajstić information content (AvgIpc) is 2.93. The normalized spacial score (nSPS) is 11.4. The fourth-order valence-corrected chi connectivity index (χ4v) is 2.23. The van der Waals surface area contributed by atoms with E-state index in [4.69, 9.17) is 0 Å². The second kappa shape index (κ2) is 5.86. The summed E-state index contributed by atoms with van der Waals surface area (Å²) in [6, 6.07) is 1.27. The Kier molecular flexibility index (Phi) is 3.89. The van der Waals surface area contributed by atoms with Gasteiger partial charge < -0.3 is 5.32 Å². The Labute approximate surface area is 130 Å². The van der Waals surface area contributed by atoms with Crippen molar-refractivity contribution in [1.82, 2.24) is 19.6 Å². The van der Waals surface area contributed by atoms with Gasteiger partial charge in [-0.2, -0.15) is 14.6 Å². The zero-order chi connectivity index (χ0) is 16.6. The molecule has 120 valence electrons. The van der Waals surface area contributed by atoms with Gasteiger partial charge in [0.1, 0.15) is 29.6 Å². The Bertz CT molecular complexity index is 836. The van der Waals surface area contributed by atoms with Crippen molar-refractivity contribution in [1.29, 1.82) is 0 Å². The third-order valence-electron chi connectivity index (χ3n) is 3.26. The molecule has 3 rings (SSSR count). The first-order chi connectivity index (χ1) is 11.0. The number of anilines is 1. The van der Waals surface area contributed by atoms with Gasteiger partial charge in [0.15, 0.2) is 0 Å². The van der Waals surface area contributed by atoms with Gasteiger partial charge in [-0.15, -0.1) is 0 Å². The van der Waals surface area contributed by atoms with Crippen LogP contribution in [0.4, 0.5) is 19.0 Å². The Morgan fingerprint density at radius 1 is 1.13 bits per heavy atom. The molecule has 0 saturated heterocycles. The van der Waals surface area contributed by atoms with Crippen molar-refractivity contribution >= 4 is 11.6 Å². The van der Waals surface area contributed by atoms with Gasteiger partial charge in [-0.05, 0) is 5.92 Å². The van der Waals surface area contributed by atoms with E-state index < -0.39 is 17.5 Å². The van der Waals surface area contributed by atoms with Crippen molar-refractivity contribution < 1.29 is 13.2 Å². The molecule has 23 heavy (non-hydrogen) atoms. The zero-order valence-corrected chi connectivity index (χ0v) is 12.5. The third kappa shape index (κ3) is 2.84. The van der Waals surface area contributed by atoms with Gasteiger partial charge in [0.05, 0.1) is 5.56 Å². The maximum absolute atomic E-state index is 14.1. The standard InChI is InChI=1S/C15H14F3N5/c1-8(2)5-19-14-10(6-20-15-21-7-22-23(14)15)13-11(17)3-9(16)4-12(13)18/h3-4,6-8,19H,5H2,1-2H3. The van der Waals surface area contributed by atoms with E-state index >= 15 is 0 Å². The van der Waals surface area contributed by atoms with E-state index in [2.05, 4.69) is 20.4 Å². The number of aromatic nitrogens is 4. The average molecular weight is 321 g/mol. The summed E-state index contributed by atoms with van der Waals surface area (Å²) in [6.45, 7) is 4.54. The Morgan fingerprint density at radius 2 is 1.83 bits per heavy atom. The fraction of sp³-hybridized carbons (Fsp3) is 0.267. The fourth-order valence-electron chi connectivity index (χ4n) is 2.23. The number of hydrogen-bond acceptors (Lipinski definition) is 4. The molecule has 1 N–H and O–H groups in total. The van der Waals surface area contributed by atoms with Crippen LogP contribution < -0.4 is 5.32 Å². The largest absolute Gasteiger partial charge is 0.369 e. The number of benzene rings is 1. The molecule has 0 fully saturated rings. The first-order valence-electron chi connectivity index (χ1n) is 7.05. The summed E-state index contributed by atoms with van der Waals surface area (Å²) < 4.78 is 42.7. The van der Waals surface area contributed by atoms with Crippen molar-refractivity contribution in [2.75, 3.05) is 11.9 Å². The molecule has 0 atom stereocenters. The van der Waals surface area contributed by atoms with E-state index in [0.29, 0.717) is 30.3 Å². The Morgan fingerprint density at radius 3 is 2.48 bits per heavy atom. The van der Waals surface area contributed by atoms with Crippen LogP contribution >= 0.6 is 0 Å². The van der Waals surface area contributed by atoms with Gasteiger partial charge in [0.25, 0.3) is 5.78 Å². The molecule has 8 heteroatoms. The molecule has 3 aromatic rings. The molecule has 1 aromatic carbocycles. The lowest BCUT2D eigenvalue weighted by Gasteiger charge is -2.15. The van der Waals surface area contributed by atoms with Crippen LogP contribution in [0.3, 0.4) is 0 Å². The number of halogens is 3. The molecule has 0 spiro atoms. The SMILES string of the molecule is CC(C)CNc1c(-c2c(F)cc(F)cc2F)cnc2ncnn12. The van der Waals surface area contributed by atoms with Crippen molar-refractivity contribution in [3.8, 4) is 11.1 Å². The van der Waals surface area contributed by atoms with Gasteiger partial charge in [-0.25, -0.2) is 18.2 Å². The zero-order valence-electron chi connectivity index (χ0n) is 12.5. The maximum atomic E-state index is 14.1. The lowest BCUT2D eigenvalue weighted by molar-refractivity contribution is 0.548. The predicted molar refractivity (Wildman–Crippen MR) is 79.4 cm³/mol. The van der Waals surface area contributed by atoms with E-state index in [1.807, 2.05) is 13.8 Å². The van der Waals surface area contributed by atoms with E-state index in [9.17, 15) is 13.2 Å². The topological polar surface area (TPSA) is 55.1 Å². The number of rotatable bonds is 4. The molecular formula is C15H14F3N5. The molecule has 0 aliphatic carbocycles. The third-order valence-corrected chi connectivity index (χ3v) is 3.26. The van der Waals surface area contributed by atoms with Gasteiger partial charge in [0.2, 0.25) is 0 Å². The molecule has 5 nitrogen and oxygen atoms in total. The van der Waals surface area contributed by atoms with Crippen LogP contribution in [0.1, 0.15) is 13.8 Å². The van der Waals surface area contributed by atoms with E-state index in [1.54, 1.807) is 0 Å². The summed E-state index contributed by atoms with van der Waals surface area (Å²) in [6.07, 6.45) is 2.59. The molecule has 0 radical (unpaired) electrons. The summed E-state index contributed by atoms with van der Waals surface area (Å²) in [4.78, 5) is 7.99. The highest BCUT2D eigenvalue weighted by Gasteiger charge is 2.20. The predicted octanol–water partition coefficient (Wildman–Crippen LogP) is 3.28. The van der Waals surface area contributed by atoms with Crippen molar-refractivity contribution in [2.45, 2.75) is 13.8 Å². The van der Waals surface area contributed by atoms with Crippen LogP contribution in [0.15, 0.2) is 24.7 Å². The minimum absolute atomic E-state index is 0.152. The number of nitrogens with zero attached hydrogens (tertiary/aromatic N) is 4. The van der Waals surface area contributed by atoms with Crippen LogP contribution in [-0.2, 0) is 0 Å². The van der Waals surface area contributed by atoms with E-state index in [1.165, 1.54) is 17.0 Å². The first-order valence-corrected chi connectivity index (χ1v) is 7.05. The van der Waals surface area contributed by atoms with Crippen LogP contribution in [0.25, 0.3) is 16.9 Å². The summed E-state index contributed by atoms with van der Waals surface area (Å²) in [5, 5.41) is 7.12. The second-order valence-corrected chi connectivity index (χ2v) is 5.51.